The molecule has 106 valence electrons. The van der Waals surface area contributed by atoms with Crippen LogP contribution in [0.3, 0.4) is 0 Å². The van der Waals surface area contributed by atoms with E-state index in [0.717, 1.165) is 11.3 Å². The number of benzene rings is 1. The second-order valence-electron chi connectivity index (χ2n) is 5.25. The number of aliphatic hydroxyl groups is 1. The second-order valence-corrected chi connectivity index (χ2v) is 5.25. The van der Waals surface area contributed by atoms with Crippen LogP contribution in [0.25, 0.3) is 0 Å². The van der Waals surface area contributed by atoms with E-state index in [-0.39, 0.29) is 11.9 Å². The normalized spacial score (nSPS) is 23.4. The van der Waals surface area contributed by atoms with Crippen LogP contribution in [0.5, 0.6) is 0 Å². The van der Waals surface area contributed by atoms with Crippen molar-refractivity contribution in [3.63, 3.8) is 0 Å². The van der Waals surface area contributed by atoms with Crippen LogP contribution < -0.4 is 0 Å². The molecule has 0 radical (unpaired) electrons. The minimum Gasteiger partial charge on any atom is -0.445 e. The first kappa shape index (κ1) is 13.3. The summed E-state index contributed by atoms with van der Waals surface area (Å²) in [5, 5.41) is 9.90. The van der Waals surface area contributed by atoms with Crippen LogP contribution in [0.1, 0.15) is 29.7 Å². The fourth-order valence-corrected chi connectivity index (χ4v) is 2.76. The molecule has 4 nitrogen and oxygen atoms in total. The van der Waals surface area contributed by atoms with Gasteiger partial charge in [0.05, 0.1) is 18.8 Å². The summed E-state index contributed by atoms with van der Waals surface area (Å²) in [6, 6.07) is 6.53. The SMILES string of the molecule is Cc1cnc(CN2CC(O)CC2c2cccc(F)c2)o1. The minimum atomic E-state index is -0.403. The van der Waals surface area contributed by atoms with E-state index in [9.17, 15) is 9.50 Å². The molecule has 1 N–H and O–H groups in total. The van der Waals surface area contributed by atoms with E-state index >= 15 is 0 Å². The van der Waals surface area contributed by atoms with Gasteiger partial charge >= 0.3 is 0 Å². The van der Waals surface area contributed by atoms with Gasteiger partial charge in [-0.1, -0.05) is 12.1 Å². The zero-order chi connectivity index (χ0) is 14.1. The lowest BCUT2D eigenvalue weighted by Gasteiger charge is -2.22. The molecule has 0 bridgehead atoms. The van der Waals surface area contributed by atoms with E-state index in [1.807, 2.05) is 13.0 Å². The molecule has 0 amide bonds. The van der Waals surface area contributed by atoms with E-state index in [0.29, 0.717) is 25.4 Å². The third-order valence-electron chi connectivity index (χ3n) is 3.62. The molecule has 2 aromatic rings. The van der Waals surface area contributed by atoms with E-state index in [1.54, 1.807) is 12.3 Å². The van der Waals surface area contributed by atoms with Gasteiger partial charge in [-0.05, 0) is 31.0 Å². The lowest BCUT2D eigenvalue weighted by molar-refractivity contribution is 0.167. The van der Waals surface area contributed by atoms with Crippen molar-refractivity contribution < 1.29 is 13.9 Å². The molecule has 0 aliphatic carbocycles. The van der Waals surface area contributed by atoms with Crippen LogP contribution >= 0.6 is 0 Å². The van der Waals surface area contributed by atoms with Gasteiger partial charge in [-0.15, -0.1) is 0 Å². The Kier molecular flexibility index (Phi) is 3.54. The highest BCUT2D eigenvalue weighted by atomic mass is 19.1. The first-order chi connectivity index (χ1) is 9.61. The Balaban J connectivity index is 1.81. The number of aliphatic hydroxyl groups excluding tert-OH is 1. The Morgan fingerprint density at radius 2 is 2.35 bits per heavy atom. The van der Waals surface area contributed by atoms with Crippen LogP contribution in [-0.2, 0) is 6.54 Å². The lowest BCUT2D eigenvalue weighted by atomic mass is 10.0. The van der Waals surface area contributed by atoms with Crippen LogP contribution in [0.2, 0.25) is 0 Å². The Morgan fingerprint density at radius 1 is 1.50 bits per heavy atom. The van der Waals surface area contributed by atoms with Gasteiger partial charge in [0.15, 0.2) is 0 Å². The Hall–Kier alpha value is -1.72. The fraction of sp³-hybridized carbons (Fsp3) is 0.400. The average molecular weight is 276 g/mol. The molecule has 5 heteroatoms. The number of nitrogens with zero attached hydrogens (tertiary/aromatic N) is 2. The number of hydrogen-bond acceptors (Lipinski definition) is 4. The van der Waals surface area contributed by atoms with Crippen LogP contribution in [0, 0.1) is 12.7 Å². The molecular weight excluding hydrogens is 259 g/mol. The van der Waals surface area contributed by atoms with Crippen molar-refractivity contribution in [2.75, 3.05) is 6.54 Å². The van der Waals surface area contributed by atoms with Crippen molar-refractivity contribution in [2.24, 2.45) is 0 Å². The Morgan fingerprint density at radius 3 is 3.05 bits per heavy atom. The number of likely N-dealkylation sites (tertiary alicyclic amines) is 1. The summed E-state index contributed by atoms with van der Waals surface area (Å²) in [5.41, 5.74) is 0.879. The number of rotatable bonds is 3. The number of halogens is 1. The Labute approximate surface area is 116 Å². The molecule has 1 aromatic heterocycles. The molecular formula is C15H17FN2O2. The topological polar surface area (TPSA) is 49.5 Å². The third-order valence-corrected chi connectivity index (χ3v) is 3.62. The standard InChI is InChI=1S/C15H17FN2O2/c1-10-7-17-15(20-10)9-18-8-13(19)6-14(18)11-3-2-4-12(16)5-11/h2-5,7,13-14,19H,6,8-9H2,1H3. The van der Waals surface area contributed by atoms with Crippen molar-refractivity contribution in [3.8, 4) is 0 Å². The Bertz CT molecular complexity index is 599. The summed E-state index contributed by atoms with van der Waals surface area (Å²) in [5.74, 6) is 1.14. The van der Waals surface area contributed by atoms with Crippen molar-refractivity contribution in [1.82, 2.24) is 9.88 Å². The molecule has 1 fully saturated rings. The molecule has 2 unspecified atom stereocenters. The smallest absolute Gasteiger partial charge is 0.208 e. The van der Waals surface area contributed by atoms with Crippen molar-refractivity contribution in [3.05, 3.63) is 53.5 Å². The van der Waals surface area contributed by atoms with Gasteiger partial charge < -0.3 is 9.52 Å². The molecule has 1 aromatic carbocycles. The summed E-state index contributed by atoms with van der Waals surface area (Å²) in [4.78, 5) is 6.26. The maximum absolute atomic E-state index is 13.4. The molecule has 2 atom stereocenters. The molecule has 0 saturated carbocycles. The van der Waals surface area contributed by atoms with E-state index in [2.05, 4.69) is 9.88 Å². The fourth-order valence-electron chi connectivity index (χ4n) is 2.76. The first-order valence-electron chi connectivity index (χ1n) is 6.70. The highest BCUT2D eigenvalue weighted by Gasteiger charge is 2.32. The average Bonchev–Trinajstić information content (AvgIpc) is 2.96. The zero-order valence-electron chi connectivity index (χ0n) is 11.3. The van der Waals surface area contributed by atoms with Gasteiger partial charge in [0.25, 0.3) is 0 Å². The molecule has 20 heavy (non-hydrogen) atoms. The van der Waals surface area contributed by atoms with Crippen molar-refractivity contribution >= 4 is 0 Å². The summed E-state index contributed by atoms with van der Waals surface area (Å²) in [6.45, 7) is 2.91. The molecule has 1 aliphatic heterocycles. The van der Waals surface area contributed by atoms with Gasteiger partial charge in [-0.25, -0.2) is 9.37 Å². The maximum atomic E-state index is 13.4. The summed E-state index contributed by atoms with van der Waals surface area (Å²) >= 11 is 0. The molecule has 2 heterocycles. The summed E-state index contributed by atoms with van der Waals surface area (Å²) < 4.78 is 18.8. The number of oxazole rings is 1. The highest BCUT2D eigenvalue weighted by molar-refractivity contribution is 5.21. The lowest BCUT2D eigenvalue weighted by Crippen LogP contribution is -2.24. The quantitative estimate of drug-likeness (QED) is 0.935. The summed E-state index contributed by atoms with van der Waals surface area (Å²) in [6.07, 6.45) is 1.88. The second kappa shape index (κ2) is 5.34. The van der Waals surface area contributed by atoms with Gasteiger partial charge in [0, 0.05) is 12.6 Å². The van der Waals surface area contributed by atoms with Gasteiger partial charge in [0.2, 0.25) is 5.89 Å². The molecule has 0 spiro atoms. The predicted molar refractivity (Wildman–Crippen MR) is 71.4 cm³/mol. The van der Waals surface area contributed by atoms with E-state index in [1.165, 1.54) is 12.1 Å². The number of aryl methyl sites for hydroxylation is 1. The minimum absolute atomic E-state index is 0.00657. The third kappa shape index (κ3) is 2.73. The van der Waals surface area contributed by atoms with Gasteiger partial charge in [-0.3, -0.25) is 4.90 Å². The molecule has 1 saturated heterocycles. The zero-order valence-corrected chi connectivity index (χ0v) is 11.3. The van der Waals surface area contributed by atoms with Crippen molar-refractivity contribution in [2.45, 2.75) is 32.0 Å². The predicted octanol–water partition coefficient (Wildman–Crippen LogP) is 2.43. The van der Waals surface area contributed by atoms with E-state index in [4.69, 9.17) is 4.42 Å². The highest BCUT2D eigenvalue weighted by Crippen LogP contribution is 2.33. The molecule has 3 rings (SSSR count). The van der Waals surface area contributed by atoms with E-state index < -0.39 is 6.10 Å². The van der Waals surface area contributed by atoms with Gasteiger partial charge in [-0.2, -0.15) is 0 Å². The first-order valence-corrected chi connectivity index (χ1v) is 6.70. The largest absolute Gasteiger partial charge is 0.445 e. The van der Waals surface area contributed by atoms with Crippen molar-refractivity contribution in [1.29, 1.82) is 0 Å². The molecule has 1 aliphatic rings. The van der Waals surface area contributed by atoms with Crippen LogP contribution in [0.4, 0.5) is 4.39 Å². The van der Waals surface area contributed by atoms with Crippen LogP contribution in [-0.4, -0.2) is 27.6 Å². The number of β-amino-alcohol motifs (C(OH)–C–C–N with tert-alkyl or cyclic N) is 1. The van der Waals surface area contributed by atoms with Gasteiger partial charge in [0.1, 0.15) is 11.6 Å². The monoisotopic (exact) mass is 276 g/mol. The van der Waals surface area contributed by atoms with Crippen LogP contribution in [0.15, 0.2) is 34.9 Å². The maximum Gasteiger partial charge on any atom is 0.208 e. The summed E-state index contributed by atoms with van der Waals surface area (Å²) in [7, 11) is 0. The number of aromatic nitrogens is 1. The number of hydrogen-bond donors (Lipinski definition) is 1.